The van der Waals surface area contributed by atoms with Crippen molar-refractivity contribution in [3.8, 4) is 5.75 Å². The van der Waals surface area contributed by atoms with E-state index in [1.165, 1.54) is 12.1 Å². The lowest BCUT2D eigenvalue weighted by Crippen LogP contribution is -2.25. The van der Waals surface area contributed by atoms with Gasteiger partial charge in [0.05, 0.1) is 12.3 Å². The topological polar surface area (TPSA) is 113 Å². The summed E-state index contributed by atoms with van der Waals surface area (Å²) in [5.74, 6) is -3.35. The molecule has 1 saturated heterocycles. The Balaban J connectivity index is 1.81. The van der Waals surface area contributed by atoms with Crippen molar-refractivity contribution in [2.75, 3.05) is 5.32 Å². The highest BCUT2D eigenvalue weighted by molar-refractivity contribution is 5.98. The van der Waals surface area contributed by atoms with Crippen LogP contribution in [0.2, 0.25) is 0 Å². The van der Waals surface area contributed by atoms with Crippen LogP contribution < -0.4 is 5.32 Å². The predicted octanol–water partition coefficient (Wildman–Crippen LogP) is 2.33. The molecule has 3 N–H and O–H groups in total. The Morgan fingerprint density at radius 3 is 2.52 bits per heavy atom. The summed E-state index contributed by atoms with van der Waals surface area (Å²) in [6.45, 7) is 0. The summed E-state index contributed by atoms with van der Waals surface area (Å²) in [4.78, 5) is 35.3. The zero-order valence-corrected chi connectivity index (χ0v) is 13.0. The number of esters is 1. The number of carbonyl (C=O) groups is 3. The third kappa shape index (κ3) is 3.45. The second kappa shape index (κ2) is 6.64. The monoisotopic (exact) mass is 341 g/mol. The second-order valence-electron chi connectivity index (χ2n) is 5.66. The molecule has 0 spiro atoms. The van der Waals surface area contributed by atoms with Crippen LogP contribution in [-0.2, 0) is 14.3 Å². The van der Waals surface area contributed by atoms with Gasteiger partial charge in [0, 0.05) is 5.69 Å². The summed E-state index contributed by atoms with van der Waals surface area (Å²) in [5.41, 5.74) is 0.605. The number of ether oxygens (including phenoxy) is 1. The van der Waals surface area contributed by atoms with Crippen molar-refractivity contribution in [3.05, 3.63) is 59.7 Å². The first-order chi connectivity index (χ1) is 12.0. The van der Waals surface area contributed by atoms with E-state index in [2.05, 4.69) is 5.32 Å². The van der Waals surface area contributed by atoms with Crippen LogP contribution in [0.15, 0.2) is 48.5 Å². The number of benzene rings is 2. The highest BCUT2D eigenvalue weighted by Crippen LogP contribution is 2.36. The average molecular weight is 341 g/mol. The number of nitrogens with one attached hydrogen (secondary N) is 1. The van der Waals surface area contributed by atoms with Gasteiger partial charge in [0.25, 0.3) is 0 Å². The minimum Gasteiger partial charge on any atom is -0.507 e. The number of carboxylic acids is 1. The first-order valence-corrected chi connectivity index (χ1v) is 7.57. The van der Waals surface area contributed by atoms with E-state index < -0.39 is 35.6 Å². The molecule has 2 atom stereocenters. The van der Waals surface area contributed by atoms with E-state index in [0.717, 1.165) is 6.07 Å². The maximum atomic E-state index is 12.6. The number of aromatic carboxylic acids is 1. The lowest BCUT2D eigenvalue weighted by Gasteiger charge is -2.17. The molecule has 1 aliphatic heterocycles. The van der Waals surface area contributed by atoms with Crippen LogP contribution in [0.5, 0.6) is 5.75 Å². The molecule has 1 fully saturated rings. The Labute approximate surface area is 142 Å². The normalized spacial score (nSPS) is 19.3. The van der Waals surface area contributed by atoms with E-state index in [1.807, 2.05) is 6.07 Å². The summed E-state index contributed by atoms with van der Waals surface area (Å²) in [6.07, 6.45) is -0.750. The SMILES string of the molecule is O=C1C[C@H](C(=O)Nc2ccc(O)c(C(=O)O)c2)[C@@H](c2ccccc2)O1. The fourth-order valence-corrected chi connectivity index (χ4v) is 2.75. The number of amides is 1. The van der Waals surface area contributed by atoms with Crippen molar-refractivity contribution in [2.45, 2.75) is 12.5 Å². The molecule has 7 nitrogen and oxygen atoms in total. The lowest BCUT2D eigenvalue weighted by atomic mass is 9.94. The molecule has 0 aliphatic carbocycles. The third-order valence-electron chi connectivity index (χ3n) is 3.97. The zero-order chi connectivity index (χ0) is 18.0. The molecule has 2 aromatic rings. The average Bonchev–Trinajstić information content (AvgIpc) is 2.99. The molecule has 0 aromatic heterocycles. The Morgan fingerprint density at radius 2 is 1.84 bits per heavy atom. The highest BCUT2D eigenvalue weighted by atomic mass is 16.6. The summed E-state index contributed by atoms with van der Waals surface area (Å²) in [5, 5.41) is 21.1. The van der Waals surface area contributed by atoms with Crippen LogP contribution in [-0.4, -0.2) is 28.1 Å². The minimum absolute atomic E-state index is 0.0603. The van der Waals surface area contributed by atoms with Gasteiger partial charge in [-0.3, -0.25) is 9.59 Å². The summed E-state index contributed by atoms with van der Waals surface area (Å²) >= 11 is 0. The molecule has 0 radical (unpaired) electrons. The standard InChI is InChI=1S/C18H15NO6/c20-14-7-6-11(8-12(14)18(23)24)19-17(22)13-9-15(21)25-16(13)10-4-2-1-3-5-10/h1-8,13,16,20H,9H2,(H,19,22)(H,23,24)/t13-,16+/m0/s1. The smallest absolute Gasteiger partial charge is 0.339 e. The van der Waals surface area contributed by atoms with Crippen LogP contribution >= 0.6 is 0 Å². The second-order valence-corrected chi connectivity index (χ2v) is 5.66. The molecule has 128 valence electrons. The minimum atomic E-state index is -1.31. The van der Waals surface area contributed by atoms with Crippen LogP contribution in [0.4, 0.5) is 5.69 Å². The molecule has 2 aromatic carbocycles. The highest BCUT2D eigenvalue weighted by Gasteiger charge is 2.40. The number of aromatic hydroxyl groups is 1. The number of phenols is 1. The van der Waals surface area contributed by atoms with Crippen molar-refractivity contribution < 1.29 is 29.3 Å². The van der Waals surface area contributed by atoms with Gasteiger partial charge in [-0.15, -0.1) is 0 Å². The van der Waals surface area contributed by atoms with Gasteiger partial charge in [0.1, 0.15) is 17.4 Å². The summed E-state index contributed by atoms with van der Waals surface area (Å²) in [7, 11) is 0. The fourth-order valence-electron chi connectivity index (χ4n) is 2.75. The van der Waals surface area contributed by atoms with Gasteiger partial charge in [-0.05, 0) is 23.8 Å². The summed E-state index contributed by atoms with van der Waals surface area (Å²) in [6, 6.07) is 12.7. The van der Waals surface area contributed by atoms with E-state index in [-0.39, 0.29) is 17.7 Å². The molecule has 1 aliphatic rings. The predicted molar refractivity (Wildman–Crippen MR) is 87.1 cm³/mol. The Morgan fingerprint density at radius 1 is 1.12 bits per heavy atom. The van der Waals surface area contributed by atoms with Crippen LogP contribution in [0.3, 0.4) is 0 Å². The van der Waals surface area contributed by atoms with Gasteiger partial charge >= 0.3 is 11.9 Å². The number of cyclic esters (lactones) is 1. The third-order valence-corrected chi connectivity index (χ3v) is 3.97. The Bertz CT molecular complexity index is 833. The zero-order valence-electron chi connectivity index (χ0n) is 13.0. The van der Waals surface area contributed by atoms with Crippen molar-refractivity contribution in [3.63, 3.8) is 0 Å². The number of anilines is 1. The Kier molecular flexibility index (Phi) is 4.38. The fraction of sp³-hybridized carbons (Fsp3) is 0.167. The Hall–Kier alpha value is -3.35. The molecule has 1 amide bonds. The van der Waals surface area contributed by atoms with Crippen LogP contribution in [0.1, 0.15) is 28.4 Å². The number of hydrogen-bond acceptors (Lipinski definition) is 5. The maximum absolute atomic E-state index is 12.6. The molecule has 0 unspecified atom stereocenters. The largest absolute Gasteiger partial charge is 0.507 e. The number of hydrogen-bond donors (Lipinski definition) is 3. The van der Waals surface area contributed by atoms with E-state index >= 15 is 0 Å². The molecule has 1 heterocycles. The first-order valence-electron chi connectivity index (χ1n) is 7.57. The molecule has 7 heteroatoms. The van der Waals surface area contributed by atoms with E-state index in [1.54, 1.807) is 24.3 Å². The van der Waals surface area contributed by atoms with E-state index in [0.29, 0.717) is 5.56 Å². The number of carbonyl (C=O) groups excluding carboxylic acids is 2. The molecule has 25 heavy (non-hydrogen) atoms. The van der Waals surface area contributed by atoms with Gasteiger partial charge in [-0.25, -0.2) is 4.79 Å². The molecule has 0 bridgehead atoms. The van der Waals surface area contributed by atoms with Gasteiger partial charge in [-0.1, -0.05) is 30.3 Å². The van der Waals surface area contributed by atoms with Crippen molar-refractivity contribution >= 4 is 23.5 Å². The number of rotatable bonds is 4. The van der Waals surface area contributed by atoms with Gasteiger partial charge in [0.2, 0.25) is 5.91 Å². The molecule has 3 rings (SSSR count). The quantitative estimate of drug-likeness (QED) is 0.581. The first kappa shape index (κ1) is 16.5. The van der Waals surface area contributed by atoms with Gasteiger partial charge in [0.15, 0.2) is 0 Å². The molecule has 0 saturated carbocycles. The summed E-state index contributed by atoms with van der Waals surface area (Å²) < 4.78 is 5.27. The lowest BCUT2D eigenvalue weighted by molar-refractivity contribution is -0.141. The van der Waals surface area contributed by atoms with Crippen molar-refractivity contribution in [2.24, 2.45) is 5.92 Å². The number of carboxylic acid groups (broad SMARTS) is 1. The molecular formula is C18H15NO6. The van der Waals surface area contributed by atoms with Crippen molar-refractivity contribution in [1.29, 1.82) is 0 Å². The van der Waals surface area contributed by atoms with Crippen molar-refractivity contribution in [1.82, 2.24) is 0 Å². The van der Waals surface area contributed by atoms with E-state index in [4.69, 9.17) is 9.84 Å². The van der Waals surface area contributed by atoms with E-state index in [9.17, 15) is 19.5 Å². The van der Waals surface area contributed by atoms with Crippen LogP contribution in [0.25, 0.3) is 0 Å². The van der Waals surface area contributed by atoms with Gasteiger partial charge in [-0.2, -0.15) is 0 Å². The van der Waals surface area contributed by atoms with Crippen LogP contribution in [0, 0.1) is 5.92 Å². The molecular weight excluding hydrogens is 326 g/mol. The van der Waals surface area contributed by atoms with Gasteiger partial charge < -0.3 is 20.3 Å². The maximum Gasteiger partial charge on any atom is 0.339 e.